The van der Waals surface area contributed by atoms with Crippen LogP contribution in [0.1, 0.15) is 58.4 Å². The van der Waals surface area contributed by atoms with Gasteiger partial charge in [-0.15, -0.1) is 0 Å². The molecule has 174 valence electrons. The first-order valence-electron chi connectivity index (χ1n) is 11.0. The standard InChI is InChI=1S/C25H33NO6/c1-8-11-32-24(28)19-14(2)26-16-12-25(3,4)13-17(27)21(16)20(19)15-9-10-18(29-5)23(31-7)22(15)30-6/h9-10,19-20H,8,11-13H2,1-7H3/t19?,20-/m1/s1. The van der Waals surface area contributed by atoms with Crippen LogP contribution in [0.5, 0.6) is 17.2 Å². The summed E-state index contributed by atoms with van der Waals surface area (Å²) in [5.41, 5.74) is 2.43. The van der Waals surface area contributed by atoms with E-state index in [4.69, 9.17) is 23.9 Å². The van der Waals surface area contributed by atoms with Gasteiger partial charge in [0, 0.05) is 34.9 Å². The van der Waals surface area contributed by atoms with Gasteiger partial charge in [0.2, 0.25) is 5.75 Å². The van der Waals surface area contributed by atoms with Gasteiger partial charge in [-0.25, -0.2) is 0 Å². The van der Waals surface area contributed by atoms with E-state index in [9.17, 15) is 9.59 Å². The van der Waals surface area contributed by atoms with Crippen LogP contribution < -0.4 is 14.2 Å². The van der Waals surface area contributed by atoms with Gasteiger partial charge in [-0.2, -0.15) is 0 Å². The summed E-state index contributed by atoms with van der Waals surface area (Å²) in [6, 6.07) is 3.60. The Balaban J connectivity index is 2.26. The van der Waals surface area contributed by atoms with E-state index in [0.717, 1.165) is 5.70 Å². The molecule has 1 aromatic rings. The number of benzene rings is 1. The number of ether oxygens (including phenoxy) is 4. The third-order valence-corrected chi connectivity index (χ3v) is 6.07. The molecular formula is C25H33NO6. The van der Waals surface area contributed by atoms with E-state index in [0.29, 0.717) is 60.0 Å². The second-order valence-electron chi connectivity index (χ2n) is 9.10. The fourth-order valence-electron chi connectivity index (χ4n) is 4.75. The van der Waals surface area contributed by atoms with Gasteiger partial charge < -0.3 is 18.9 Å². The molecule has 7 nitrogen and oxygen atoms in total. The van der Waals surface area contributed by atoms with Gasteiger partial charge in [0.05, 0.1) is 27.9 Å². The largest absolute Gasteiger partial charge is 0.493 e. The van der Waals surface area contributed by atoms with Gasteiger partial charge in [-0.3, -0.25) is 14.6 Å². The Morgan fingerprint density at radius 1 is 1.09 bits per heavy atom. The third kappa shape index (κ3) is 4.25. The number of Topliss-reactive ketones (excluding diaryl/α,β-unsaturated/α-hetero) is 1. The monoisotopic (exact) mass is 443 g/mol. The zero-order valence-electron chi connectivity index (χ0n) is 20.0. The third-order valence-electron chi connectivity index (χ3n) is 6.07. The van der Waals surface area contributed by atoms with E-state index in [-0.39, 0.29) is 17.2 Å². The highest BCUT2D eigenvalue weighted by Gasteiger charge is 2.47. The Hall–Kier alpha value is -2.83. The topological polar surface area (TPSA) is 83.4 Å². The fraction of sp³-hybridized carbons (Fsp3) is 0.560. The molecule has 0 bridgehead atoms. The molecular weight excluding hydrogens is 410 g/mol. The van der Waals surface area contributed by atoms with Crippen LogP contribution in [0, 0.1) is 11.3 Å². The molecule has 0 saturated heterocycles. The first-order chi connectivity index (χ1) is 15.2. The summed E-state index contributed by atoms with van der Waals surface area (Å²) < 4.78 is 22.3. The number of carbonyl (C=O) groups excluding carboxylic acids is 2. The van der Waals surface area contributed by atoms with Crippen molar-refractivity contribution in [2.24, 2.45) is 16.3 Å². The zero-order chi connectivity index (χ0) is 23.6. The van der Waals surface area contributed by atoms with Crippen molar-refractivity contribution in [1.82, 2.24) is 0 Å². The van der Waals surface area contributed by atoms with Crippen LogP contribution in [0.2, 0.25) is 0 Å². The summed E-state index contributed by atoms with van der Waals surface area (Å²) in [6.45, 7) is 8.21. The van der Waals surface area contributed by atoms with Crippen LogP contribution >= 0.6 is 0 Å². The lowest BCUT2D eigenvalue weighted by Crippen LogP contribution is -2.39. The average Bonchev–Trinajstić information content (AvgIpc) is 2.74. The summed E-state index contributed by atoms with van der Waals surface area (Å²) in [7, 11) is 4.62. The highest BCUT2D eigenvalue weighted by Crippen LogP contribution is 2.52. The van der Waals surface area contributed by atoms with E-state index in [1.807, 2.05) is 19.9 Å². The summed E-state index contributed by atoms with van der Waals surface area (Å²) in [4.78, 5) is 31.4. The van der Waals surface area contributed by atoms with Crippen LogP contribution in [0.4, 0.5) is 0 Å². The highest BCUT2D eigenvalue weighted by atomic mass is 16.5. The predicted octanol–water partition coefficient (Wildman–Crippen LogP) is 4.48. The van der Waals surface area contributed by atoms with Crippen molar-refractivity contribution >= 4 is 17.5 Å². The normalized spacial score (nSPS) is 22.1. The molecule has 2 aliphatic rings. The Labute approximate surface area is 189 Å². The molecule has 1 aliphatic heterocycles. The number of nitrogens with zero attached hydrogens (tertiary/aromatic N) is 1. The molecule has 1 unspecified atom stereocenters. The second-order valence-corrected chi connectivity index (χ2v) is 9.10. The van der Waals surface area contributed by atoms with E-state index in [1.54, 1.807) is 13.2 Å². The molecule has 0 radical (unpaired) electrons. The first-order valence-corrected chi connectivity index (χ1v) is 11.0. The zero-order valence-corrected chi connectivity index (χ0v) is 20.0. The molecule has 1 aliphatic carbocycles. The molecule has 1 heterocycles. The van der Waals surface area contributed by atoms with Crippen LogP contribution in [0.15, 0.2) is 28.4 Å². The van der Waals surface area contributed by atoms with Crippen molar-refractivity contribution in [1.29, 1.82) is 0 Å². The summed E-state index contributed by atoms with van der Waals surface area (Å²) in [5, 5.41) is 0. The van der Waals surface area contributed by atoms with Crippen molar-refractivity contribution in [3.05, 3.63) is 29.0 Å². The van der Waals surface area contributed by atoms with Gasteiger partial charge in [-0.1, -0.05) is 26.8 Å². The maximum absolute atomic E-state index is 13.4. The number of hydrogen-bond acceptors (Lipinski definition) is 7. The molecule has 0 saturated carbocycles. The molecule has 2 atom stereocenters. The Morgan fingerprint density at radius 2 is 1.78 bits per heavy atom. The maximum atomic E-state index is 13.4. The number of ketones is 1. The van der Waals surface area contributed by atoms with Gasteiger partial charge in [0.15, 0.2) is 17.3 Å². The lowest BCUT2D eigenvalue weighted by Gasteiger charge is -2.39. The minimum Gasteiger partial charge on any atom is -0.493 e. The average molecular weight is 444 g/mol. The molecule has 1 aromatic carbocycles. The summed E-state index contributed by atoms with van der Waals surface area (Å²) in [5.74, 6) is -0.336. The highest BCUT2D eigenvalue weighted by molar-refractivity contribution is 6.09. The number of aliphatic imine (C=N–C) groups is 1. The van der Waals surface area contributed by atoms with Gasteiger partial charge in [0.1, 0.15) is 5.92 Å². The Morgan fingerprint density at radius 3 is 2.38 bits per heavy atom. The summed E-state index contributed by atoms with van der Waals surface area (Å²) in [6.07, 6.45) is 1.76. The molecule has 0 aromatic heterocycles. The maximum Gasteiger partial charge on any atom is 0.315 e. The van der Waals surface area contributed by atoms with Crippen LogP contribution in [-0.4, -0.2) is 45.4 Å². The molecule has 7 heteroatoms. The SMILES string of the molecule is CCCOC(=O)C1C(C)=NC2=C(C(=O)CC(C)(C)C2)[C@@H]1c1ccc(OC)c(OC)c1OC. The van der Waals surface area contributed by atoms with Gasteiger partial charge >= 0.3 is 5.97 Å². The molecule has 32 heavy (non-hydrogen) atoms. The number of rotatable bonds is 7. The summed E-state index contributed by atoms with van der Waals surface area (Å²) >= 11 is 0. The minimum atomic E-state index is -0.725. The number of carbonyl (C=O) groups is 2. The predicted molar refractivity (Wildman–Crippen MR) is 122 cm³/mol. The lowest BCUT2D eigenvalue weighted by atomic mass is 9.66. The first kappa shape index (κ1) is 23.8. The van der Waals surface area contributed by atoms with Crippen LogP contribution in [0.25, 0.3) is 0 Å². The molecule has 0 N–H and O–H groups in total. The lowest BCUT2D eigenvalue weighted by molar-refractivity contribution is -0.146. The number of methoxy groups -OCH3 is 3. The van der Waals surface area contributed by atoms with E-state index in [2.05, 4.69) is 13.8 Å². The minimum absolute atomic E-state index is 0.00243. The van der Waals surface area contributed by atoms with Gasteiger partial charge in [-0.05, 0) is 31.2 Å². The smallest absolute Gasteiger partial charge is 0.315 e. The van der Waals surface area contributed by atoms with Crippen molar-refractivity contribution < 1.29 is 28.5 Å². The van der Waals surface area contributed by atoms with Crippen molar-refractivity contribution in [3.63, 3.8) is 0 Å². The molecule has 0 spiro atoms. The van der Waals surface area contributed by atoms with Crippen molar-refractivity contribution in [2.75, 3.05) is 27.9 Å². The quantitative estimate of drug-likeness (QED) is 0.578. The molecule has 0 fully saturated rings. The van der Waals surface area contributed by atoms with Crippen molar-refractivity contribution in [3.8, 4) is 17.2 Å². The van der Waals surface area contributed by atoms with E-state index in [1.165, 1.54) is 14.2 Å². The number of hydrogen-bond donors (Lipinski definition) is 0. The van der Waals surface area contributed by atoms with E-state index < -0.39 is 11.8 Å². The molecule has 3 rings (SSSR count). The van der Waals surface area contributed by atoms with E-state index >= 15 is 0 Å². The fourth-order valence-corrected chi connectivity index (χ4v) is 4.75. The molecule has 0 amide bonds. The Bertz CT molecular complexity index is 975. The van der Waals surface area contributed by atoms with Crippen LogP contribution in [0.3, 0.4) is 0 Å². The second kappa shape index (κ2) is 9.35. The Kier molecular flexibility index (Phi) is 6.96. The number of allylic oxidation sites excluding steroid dienone is 2. The van der Waals surface area contributed by atoms with Gasteiger partial charge in [0.25, 0.3) is 0 Å². The number of esters is 1. The van der Waals surface area contributed by atoms with Crippen molar-refractivity contribution in [2.45, 2.75) is 52.9 Å². The van der Waals surface area contributed by atoms with Crippen LogP contribution in [-0.2, 0) is 14.3 Å².